The number of aromatic nitrogens is 1. The number of carbonyl (C=O) groups excluding carboxylic acids is 1. The average Bonchev–Trinajstić information content (AvgIpc) is 2.27. The zero-order chi connectivity index (χ0) is 13.1. The predicted molar refractivity (Wildman–Crippen MR) is 55.5 cm³/mol. The molecule has 0 amide bonds. The van der Waals surface area contributed by atoms with Crippen LogP contribution in [0.5, 0.6) is 5.75 Å². The molecule has 0 N–H and O–H groups in total. The van der Waals surface area contributed by atoms with Gasteiger partial charge in [-0.1, -0.05) is 6.07 Å². The minimum atomic E-state index is -1.14. The van der Waals surface area contributed by atoms with Gasteiger partial charge in [-0.2, -0.15) is 13.8 Å². The van der Waals surface area contributed by atoms with Crippen molar-refractivity contribution in [1.29, 1.82) is 0 Å². The molecule has 6 heteroatoms. The molecule has 0 fully saturated rings. The standard InChI is InChI=1S/C12H6F3NO2/c13-8-2-1-3-9(6-8)18-12(17)7-4-10(14)16-11(15)5-7/h1-6H. The van der Waals surface area contributed by atoms with Gasteiger partial charge < -0.3 is 4.74 Å². The van der Waals surface area contributed by atoms with Gasteiger partial charge in [0, 0.05) is 18.2 Å². The summed E-state index contributed by atoms with van der Waals surface area (Å²) in [5.74, 6) is -3.92. The first-order valence-electron chi connectivity index (χ1n) is 4.85. The molecule has 0 aliphatic carbocycles. The van der Waals surface area contributed by atoms with Crippen molar-refractivity contribution >= 4 is 5.97 Å². The minimum absolute atomic E-state index is 0.0578. The lowest BCUT2D eigenvalue weighted by atomic mass is 10.2. The van der Waals surface area contributed by atoms with Crippen molar-refractivity contribution in [2.75, 3.05) is 0 Å². The number of benzene rings is 1. The molecule has 2 aromatic rings. The Kier molecular flexibility index (Phi) is 3.27. The number of pyridine rings is 1. The largest absolute Gasteiger partial charge is 0.423 e. The molecule has 0 saturated heterocycles. The molecule has 3 nitrogen and oxygen atoms in total. The maximum absolute atomic E-state index is 12.8. The van der Waals surface area contributed by atoms with E-state index in [1.165, 1.54) is 18.2 Å². The molecule has 18 heavy (non-hydrogen) atoms. The fourth-order valence-corrected chi connectivity index (χ4v) is 1.28. The molecule has 0 aliphatic rings. The third-order valence-corrected chi connectivity index (χ3v) is 2.01. The molecule has 0 radical (unpaired) electrons. The van der Waals surface area contributed by atoms with Gasteiger partial charge in [0.05, 0.1) is 5.56 Å². The van der Waals surface area contributed by atoms with Crippen molar-refractivity contribution in [2.24, 2.45) is 0 Å². The first kappa shape index (κ1) is 12.1. The van der Waals surface area contributed by atoms with E-state index >= 15 is 0 Å². The highest BCUT2D eigenvalue weighted by atomic mass is 19.1. The number of carbonyl (C=O) groups is 1. The van der Waals surface area contributed by atoms with Crippen LogP contribution in [0.3, 0.4) is 0 Å². The highest BCUT2D eigenvalue weighted by molar-refractivity contribution is 5.90. The number of rotatable bonds is 2. The molecule has 1 aromatic heterocycles. The number of hydrogen-bond acceptors (Lipinski definition) is 3. The smallest absolute Gasteiger partial charge is 0.343 e. The van der Waals surface area contributed by atoms with E-state index in [-0.39, 0.29) is 11.3 Å². The zero-order valence-electron chi connectivity index (χ0n) is 8.86. The summed E-state index contributed by atoms with van der Waals surface area (Å²) in [6, 6.07) is 6.28. The van der Waals surface area contributed by atoms with Crippen LogP contribution in [0.2, 0.25) is 0 Å². The lowest BCUT2D eigenvalue weighted by Crippen LogP contribution is -2.10. The van der Waals surface area contributed by atoms with E-state index in [2.05, 4.69) is 4.98 Å². The van der Waals surface area contributed by atoms with Crippen LogP contribution in [-0.4, -0.2) is 11.0 Å². The summed E-state index contributed by atoms with van der Waals surface area (Å²) in [7, 11) is 0. The van der Waals surface area contributed by atoms with Crippen LogP contribution >= 0.6 is 0 Å². The van der Waals surface area contributed by atoms with Crippen molar-refractivity contribution in [3.05, 3.63) is 59.7 Å². The van der Waals surface area contributed by atoms with Gasteiger partial charge in [0.1, 0.15) is 11.6 Å². The Hall–Kier alpha value is -2.37. The summed E-state index contributed by atoms with van der Waals surface area (Å²) in [5.41, 5.74) is -0.343. The van der Waals surface area contributed by atoms with Crippen LogP contribution in [0, 0.1) is 17.7 Å². The van der Waals surface area contributed by atoms with E-state index in [0.717, 1.165) is 18.2 Å². The molecule has 1 aromatic carbocycles. The number of nitrogens with zero attached hydrogens (tertiary/aromatic N) is 1. The monoisotopic (exact) mass is 253 g/mol. The fourth-order valence-electron chi connectivity index (χ4n) is 1.28. The van der Waals surface area contributed by atoms with E-state index in [1.54, 1.807) is 0 Å². The van der Waals surface area contributed by atoms with Gasteiger partial charge in [0.2, 0.25) is 11.9 Å². The second-order valence-electron chi connectivity index (χ2n) is 3.35. The summed E-state index contributed by atoms with van der Waals surface area (Å²) in [6.45, 7) is 0. The van der Waals surface area contributed by atoms with Crippen LogP contribution in [0.4, 0.5) is 13.2 Å². The molecule has 0 bridgehead atoms. The molecule has 92 valence electrons. The summed E-state index contributed by atoms with van der Waals surface area (Å²) in [6.07, 6.45) is 0. The summed E-state index contributed by atoms with van der Waals surface area (Å²) < 4.78 is 43.1. The molecule has 0 atom stereocenters. The third-order valence-electron chi connectivity index (χ3n) is 2.01. The summed E-state index contributed by atoms with van der Waals surface area (Å²) in [5, 5.41) is 0. The van der Waals surface area contributed by atoms with Gasteiger partial charge in [0.25, 0.3) is 0 Å². The number of esters is 1. The Labute approximate surface area is 99.8 Å². The van der Waals surface area contributed by atoms with Crippen LogP contribution in [0.1, 0.15) is 10.4 Å². The van der Waals surface area contributed by atoms with Crippen molar-refractivity contribution in [2.45, 2.75) is 0 Å². The first-order chi connectivity index (χ1) is 8.54. The van der Waals surface area contributed by atoms with Gasteiger partial charge in [-0.3, -0.25) is 0 Å². The second kappa shape index (κ2) is 4.87. The lowest BCUT2D eigenvalue weighted by molar-refractivity contribution is 0.0733. The number of halogens is 3. The third kappa shape index (κ3) is 2.85. The van der Waals surface area contributed by atoms with Gasteiger partial charge in [-0.15, -0.1) is 0 Å². The maximum atomic E-state index is 12.8. The van der Waals surface area contributed by atoms with Crippen LogP contribution < -0.4 is 4.74 Å². The molecular weight excluding hydrogens is 247 g/mol. The van der Waals surface area contributed by atoms with Crippen LogP contribution in [-0.2, 0) is 0 Å². The Morgan fingerprint density at radius 3 is 2.33 bits per heavy atom. The van der Waals surface area contributed by atoms with Gasteiger partial charge in [0.15, 0.2) is 0 Å². The molecule has 0 aliphatic heterocycles. The minimum Gasteiger partial charge on any atom is -0.423 e. The molecule has 0 spiro atoms. The van der Waals surface area contributed by atoms with Crippen molar-refractivity contribution in [1.82, 2.24) is 4.98 Å². The van der Waals surface area contributed by atoms with Crippen LogP contribution in [0.15, 0.2) is 36.4 Å². The quantitative estimate of drug-likeness (QED) is 0.469. The van der Waals surface area contributed by atoms with Crippen LogP contribution in [0.25, 0.3) is 0 Å². The first-order valence-corrected chi connectivity index (χ1v) is 4.85. The van der Waals surface area contributed by atoms with E-state index in [4.69, 9.17) is 4.74 Å². The molecular formula is C12H6F3NO2. The Morgan fingerprint density at radius 2 is 1.72 bits per heavy atom. The number of hydrogen-bond donors (Lipinski definition) is 0. The Morgan fingerprint density at radius 1 is 1.06 bits per heavy atom. The Bertz CT molecular complexity index is 581. The molecule has 1 heterocycles. The van der Waals surface area contributed by atoms with Gasteiger partial charge >= 0.3 is 5.97 Å². The van der Waals surface area contributed by atoms with Gasteiger partial charge in [-0.05, 0) is 12.1 Å². The summed E-state index contributed by atoms with van der Waals surface area (Å²) in [4.78, 5) is 14.4. The van der Waals surface area contributed by atoms with E-state index in [1.807, 2.05) is 0 Å². The van der Waals surface area contributed by atoms with Crippen molar-refractivity contribution in [3.8, 4) is 5.75 Å². The SMILES string of the molecule is O=C(Oc1cccc(F)c1)c1cc(F)nc(F)c1. The molecule has 0 unspecified atom stereocenters. The highest BCUT2D eigenvalue weighted by Crippen LogP contribution is 2.14. The maximum Gasteiger partial charge on any atom is 0.343 e. The molecule has 0 saturated carbocycles. The van der Waals surface area contributed by atoms with E-state index in [0.29, 0.717) is 0 Å². The summed E-state index contributed by atoms with van der Waals surface area (Å²) >= 11 is 0. The average molecular weight is 253 g/mol. The predicted octanol–water partition coefficient (Wildman–Crippen LogP) is 2.72. The second-order valence-corrected chi connectivity index (χ2v) is 3.35. The Balaban J connectivity index is 2.22. The number of ether oxygens (including phenoxy) is 1. The fraction of sp³-hybridized carbons (Fsp3) is 0. The zero-order valence-corrected chi connectivity index (χ0v) is 8.86. The van der Waals surface area contributed by atoms with Gasteiger partial charge in [-0.25, -0.2) is 9.18 Å². The highest BCUT2D eigenvalue weighted by Gasteiger charge is 2.12. The lowest BCUT2D eigenvalue weighted by Gasteiger charge is -2.04. The van der Waals surface area contributed by atoms with Crippen molar-refractivity contribution < 1.29 is 22.7 Å². The van der Waals surface area contributed by atoms with E-state index in [9.17, 15) is 18.0 Å². The molecule has 2 rings (SSSR count). The van der Waals surface area contributed by atoms with Crippen molar-refractivity contribution in [3.63, 3.8) is 0 Å². The normalized spacial score (nSPS) is 10.2. The van der Waals surface area contributed by atoms with E-state index < -0.39 is 23.7 Å². The topological polar surface area (TPSA) is 39.2 Å².